The topological polar surface area (TPSA) is 81.3 Å². The molecule has 0 bridgehead atoms. The van der Waals surface area contributed by atoms with Crippen LogP contribution in [0.1, 0.15) is 19.3 Å². The van der Waals surface area contributed by atoms with Crippen LogP contribution < -0.4 is 0 Å². The number of nitrogens with zero attached hydrogens (tertiary/aromatic N) is 1. The number of nitriles is 1. The van der Waals surface area contributed by atoms with Crippen molar-refractivity contribution in [1.29, 1.82) is 5.26 Å². The molecule has 1 aliphatic carbocycles. The smallest absolute Gasteiger partial charge is 0.324 e. The predicted molar refractivity (Wildman–Crippen MR) is 43.4 cm³/mol. The molecule has 0 aromatic carbocycles. The van der Waals surface area contributed by atoms with Gasteiger partial charge in [0.2, 0.25) is 0 Å². The third-order valence-electron chi connectivity index (χ3n) is 2.40. The van der Waals surface area contributed by atoms with E-state index in [9.17, 15) is 4.57 Å². The van der Waals surface area contributed by atoms with Gasteiger partial charge in [-0.05, 0) is 24.7 Å². The highest BCUT2D eigenvalue weighted by Crippen LogP contribution is 2.46. The van der Waals surface area contributed by atoms with Crippen LogP contribution in [0.15, 0.2) is 0 Å². The first kappa shape index (κ1) is 9.73. The summed E-state index contributed by atoms with van der Waals surface area (Å²) >= 11 is 0. The van der Waals surface area contributed by atoms with Crippen LogP contribution in [0.25, 0.3) is 0 Å². The molecule has 0 spiro atoms. The first-order valence-corrected chi connectivity index (χ1v) is 5.74. The minimum absolute atomic E-state index is 0.0423. The summed E-state index contributed by atoms with van der Waals surface area (Å²) < 4.78 is 10.6. The van der Waals surface area contributed by atoms with Crippen molar-refractivity contribution in [3.05, 3.63) is 0 Å². The largest absolute Gasteiger partial charge is 0.325 e. The molecule has 0 radical (unpaired) electrons. The maximum atomic E-state index is 10.6. The van der Waals surface area contributed by atoms with Crippen LogP contribution in [0.3, 0.4) is 0 Å². The fourth-order valence-electron chi connectivity index (χ4n) is 1.57. The molecule has 1 rings (SSSR count). The van der Waals surface area contributed by atoms with Gasteiger partial charge in [0, 0.05) is 6.42 Å². The number of hydrogen-bond donors (Lipinski definition) is 2. The van der Waals surface area contributed by atoms with Crippen LogP contribution in [0.4, 0.5) is 0 Å². The van der Waals surface area contributed by atoms with Crippen molar-refractivity contribution < 1.29 is 14.4 Å². The summed E-state index contributed by atoms with van der Waals surface area (Å²) in [5.74, 6) is 0.299. The molecule has 2 unspecified atom stereocenters. The molecule has 5 heteroatoms. The molecule has 2 N–H and O–H groups in total. The first-order valence-electron chi connectivity index (χ1n) is 3.94. The molecule has 1 saturated carbocycles. The molecular weight excluding hydrogens is 177 g/mol. The van der Waals surface area contributed by atoms with Gasteiger partial charge in [0.05, 0.1) is 12.2 Å². The summed E-state index contributed by atoms with van der Waals surface area (Å²) in [6.07, 6.45) is 2.19. The third kappa shape index (κ3) is 2.60. The summed E-state index contributed by atoms with van der Waals surface area (Å²) in [5.41, 5.74) is 0. The molecule has 0 amide bonds. The average Bonchev–Trinajstić information content (AvgIpc) is 1.92. The summed E-state index contributed by atoms with van der Waals surface area (Å²) in [6.45, 7) is 0. The molecule has 1 aliphatic rings. The van der Waals surface area contributed by atoms with Gasteiger partial charge in [-0.25, -0.2) is 0 Å². The first-order chi connectivity index (χ1) is 5.53. The van der Waals surface area contributed by atoms with Crippen molar-refractivity contribution in [2.75, 3.05) is 6.16 Å². The maximum absolute atomic E-state index is 10.6. The fourth-order valence-corrected chi connectivity index (χ4v) is 2.66. The van der Waals surface area contributed by atoms with E-state index in [0.29, 0.717) is 6.42 Å². The van der Waals surface area contributed by atoms with Crippen molar-refractivity contribution >= 4 is 7.60 Å². The van der Waals surface area contributed by atoms with E-state index in [2.05, 4.69) is 0 Å². The van der Waals surface area contributed by atoms with E-state index in [4.69, 9.17) is 15.0 Å². The van der Waals surface area contributed by atoms with Gasteiger partial charge in [-0.1, -0.05) is 0 Å². The van der Waals surface area contributed by atoms with E-state index in [0.717, 1.165) is 12.8 Å². The van der Waals surface area contributed by atoms with Crippen molar-refractivity contribution in [3.63, 3.8) is 0 Å². The van der Waals surface area contributed by atoms with Gasteiger partial charge in [0.15, 0.2) is 0 Å². The van der Waals surface area contributed by atoms with E-state index < -0.39 is 7.60 Å². The SMILES string of the molecule is N#CCC1CCC1CP(=O)(O)O. The normalized spacial score (nSPS) is 29.1. The van der Waals surface area contributed by atoms with E-state index in [1.807, 2.05) is 6.07 Å². The van der Waals surface area contributed by atoms with Gasteiger partial charge in [-0.15, -0.1) is 0 Å². The van der Waals surface area contributed by atoms with E-state index >= 15 is 0 Å². The van der Waals surface area contributed by atoms with E-state index in [1.165, 1.54) is 0 Å². The van der Waals surface area contributed by atoms with Gasteiger partial charge in [-0.3, -0.25) is 4.57 Å². The molecule has 0 aromatic rings. The van der Waals surface area contributed by atoms with Gasteiger partial charge in [-0.2, -0.15) is 5.26 Å². The van der Waals surface area contributed by atoms with Crippen LogP contribution in [0.5, 0.6) is 0 Å². The Morgan fingerprint density at radius 2 is 2.00 bits per heavy atom. The zero-order valence-electron chi connectivity index (χ0n) is 6.68. The van der Waals surface area contributed by atoms with Crippen LogP contribution in [-0.4, -0.2) is 15.9 Å². The van der Waals surface area contributed by atoms with Gasteiger partial charge >= 0.3 is 7.60 Å². The van der Waals surface area contributed by atoms with Crippen molar-refractivity contribution in [2.45, 2.75) is 19.3 Å². The molecule has 1 fully saturated rings. The second kappa shape index (κ2) is 3.57. The van der Waals surface area contributed by atoms with Crippen molar-refractivity contribution in [1.82, 2.24) is 0 Å². The molecule has 2 atom stereocenters. The van der Waals surface area contributed by atoms with Crippen LogP contribution in [-0.2, 0) is 4.57 Å². The summed E-state index contributed by atoms with van der Waals surface area (Å²) in [7, 11) is -3.86. The summed E-state index contributed by atoms with van der Waals surface area (Å²) in [5, 5.41) is 8.37. The standard InChI is InChI=1S/C7H12NO3P/c8-4-3-6-1-2-7(6)5-12(9,10)11/h6-7H,1-3,5H2,(H2,9,10,11). The Hall–Kier alpha value is -0.360. The van der Waals surface area contributed by atoms with Gasteiger partial charge in [0.1, 0.15) is 0 Å². The third-order valence-corrected chi connectivity index (χ3v) is 3.35. The van der Waals surface area contributed by atoms with Crippen LogP contribution in [0.2, 0.25) is 0 Å². The number of rotatable bonds is 3. The average molecular weight is 189 g/mol. The van der Waals surface area contributed by atoms with E-state index in [1.54, 1.807) is 0 Å². The Morgan fingerprint density at radius 3 is 2.33 bits per heavy atom. The quantitative estimate of drug-likeness (QED) is 0.651. The lowest BCUT2D eigenvalue weighted by Crippen LogP contribution is -2.28. The van der Waals surface area contributed by atoms with Crippen molar-refractivity contribution in [3.8, 4) is 6.07 Å². The molecule has 0 aliphatic heterocycles. The Bertz CT molecular complexity index is 242. The maximum Gasteiger partial charge on any atom is 0.325 e. The Balaban J connectivity index is 2.36. The Morgan fingerprint density at radius 1 is 1.42 bits per heavy atom. The van der Waals surface area contributed by atoms with Crippen LogP contribution in [0, 0.1) is 23.2 Å². The molecule has 4 nitrogen and oxygen atoms in total. The highest BCUT2D eigenvalue weighted by Gasteiger charge is 2.35. The van der Waals surface area contributed by atoms with Crippen molar-refractivity contribution in [2.24, 2.45) is 11.8 Å². The summed E-state index contributed by atoms with van der Waals surface area (Å²) in [6, 6.07) is 2.03. The number of hydrogen-bond acceptors (Lipinski definition) is 2. The molecular formula is C7H12NO3P. The summed E-state index contributed by atoms with van der Waals surface area (Å²) in [4.78, 5) is 17.3. The monoisotopic (exact) mass is 189 g/mol. The van der Waals surface area contributed by atoms with Gasteiger partial charge in [0.25, 0.3) is 0 Å². The molecule has 0 heterocycles. The molecule has 0 saturated heterocycles. The Labute approximate surface area is 71.4 Å². The highest BCUT2D eigenvalue weighted by atomic mass is 31.2. The van der Waals surface area contributed by atoms with E-state index in [-0.39, 0.29) is 18.0 Å². The lowest BCUT2D eigenvalue weighted by Gasteiger charge is -2.35. The molecule has 68 valence electrons. The lowest BCUT2D eigenvalue weighted by molar-refractivity contribution is 0.194. The highest BCUT2D eigenvalue weighted by molar-refractivity contribution is 7.51. The molecule has 0 aromatic heterocycles. The predicted octanol–water partition coefficient (Wildman–Crippen LogP) is 1.10. The molecule has 12 heavy (non-hydrogen) atoms. The van der Waals surface area contributed by atoms with Crippen LogP contribution >= 0.6 is 7.60 Å². The van der Waals surface area contributed by atoms with Gasteiger partial charge < -0.3 is 9.79 Å². The lowest BCUT2D eigenvalue weighted by atomic mass is 9.73. The zero-order valence-corrected chi connectivity index (χ0v) is 7.57. The second-order valence-electron chi connectivity index (χ2n) is 3.31. The zero-order chi connectivity index (χ0) is 9.19. The second-order valence-corrected chi connectivity index (χ2v) is 5.00. The fraction of sp³-hybridized carbons (Fsp3) is 0.857. The minimum Gasteiger partial charge on any atom is -0.324 e. The minimum atomic E-state index is -3.86. The Kier molecular flexibility index (Phi) is 2.89.